The Kier molecular flexibility index (Phi) is 4.40. The van der Waals surface area contributed by atoms with E-state index in [0.717, 1.165) is 14.7 Å². The van der Waals surface area contributed by atoms with Gasteiger partial charge in [0.05, 0.1) is 4.21 Å². The topological polar surface area (TPSA) is 88.6 Å². The first-order valence-corrected chi connectivity index (χ1v) is 8.04. The number of aromatic nitrogens is 4. The lowest BCUT2D eigenvalue weighted by Crippen LogP contribution is -2.18. The quantitative estimate of drug-likeness (QED) is 0.551. The molecule has 2 aromatic heterocycles. The molecular formula is C14H10N4O2S2. The minimum Gasteiger partial charge on any atom is -0.290 e. The van der Waals surface area contributed by atoms with Gasteiger partial charge in [-0.2, -0.15) is 5.21 Å². The second-order valence-electron chi connectivity index (χ2n) is 4.31. The third kappa shape index (κ3) is 3.29. The number of tetrazole rings is 1. The van der Waals surface area contributed by atoms with E-state index < -0.39 is 11.6 Å². The van der Waals surface area contributed by atoms with Gasteiger partial charge in [-0.25, -0.2) is 0 Å². The normalized spacial score (nSPS) is 10.5. The molecule has 0 saturated heterocycles. The molecular weight excluding hydrogens is 320 g/mol. The van der Waals surface area contributed by atoms with Crippen molar-refractivity contribution in [2.75, 3.05) is 0 Å². The molecule has 8 heteroatoms. The van der Waals surface area contributed by atoms with E-state index in [2.05, 4.69) is 20.6 Å². The number of ketones is 2. The van der Waals surface area contributed by atoms with Crippen LogP contribution in [-0.2, 0) is 11.2 Å². The Morgan fingerprint density at radius 3 is 2.73 bits per heavy atom. The minimum absolute atomic E-state index is 0.0338. The van der Waals surface area contributed by atoms with Crippen molar-refractivity contribution in [1.82, 2.24) is 20.6 Å². The van der Waals surface area contributed by atoms with Crippen LogP contribution < -0.4 is 0 Å². The first-order valence-electron chi connectivity index (χ1n) is 6.34. The Morgan fingerprint density at radius 1 is 1.18 bits per heavy atom. The molecule has 0 radical (unpaired) electrons. The van der Waals surface area contributed by atoms with Gasteiger partial charge in [0, 0.05) is 11.3 Å². The number of nitrogens with zero attached hydrogens (tertiary/aromatic N) is 3. The maximum Gasteiger partial charge on any atom is 0.269 e. The van der Waals surface area contributed by atoms with Crippen molar-refractivity contribution >= 4 is 34.7 Å². The molecule has 0 aliphatic carbocycles. The van der Waals surface area contributed by atoms with Crippen molar-refractivity contribution in [3.8, 4) is 0 Å². The van der Waals surface area contributed by atoms with Crippen LogP contribution in [0.5, 0.6) is 0 Å². The van der Waals surface area contributed by atoms with E-state index in [-0.39, 0.29) is 12.2 Å². The van der Waals surface area contributed by atoms with Crippen LogP contribution in [0.2, 0.25) is 0 Å². The number of thiophene rings is 1. The lowest BCUT2D eigenvalue weighted by atomic mass is 10.1. The smallest absolute Gasteiger partial charge is 0.269 e. The maximum absolute atomic E-state index is 12.0. The van der Waals surface area contributed by atoms with E-state index in [1.807, 2.05) is 41.8 Å². The lowest BCUT2D eigenvalue weighted by Gasteiger charge is -2.02. The fourth-order valence-electron chi connectivity index (χ4n) is 1.77. The zero-order valence-electron chi connectivity index (χ0n) is 11.2. The summed E-state index contributed by atoms with van der Waals surface area (Å²) in [5.41, 5.74) is 0.834. The van der Waals surface area contributed by atoms with Crippen LogP contribution in [0.3, 0.4) is 0 Å². The van der Waals surface area contributed by atoms with Gasteiger partial charge in [0.25, 0.3) is 5.78 Å². The Bertz CT molecular complexity index is 784. The molecule has 1 N–H and O–H groups in total. The molecule has 0 atom stereocenters. The molecule has 1 aromatic carbocycles. The predicted octanol–water partition coefficient (Wildman–Crippen LogP) is 2.41. The Balaban J connectivity index is 1.72. The summed E-state index contributed by atoms with van der Waals surface area (Å²) in [5, 5.41) is 14.4. The molecule has 3 aromatic rings. The molecule has 22 heavy (non-hydrogen) atoms. The van der Waals surface area contributed by atoms with Crippen LogP contribution in [0.4, 0.5) is 0 Å². The number of nitrogens with one attached hydrogen (secondary N) is 1. The highest BCUT2D eigenvalue weighted by Gasteiger charge is 2.22. The van der Waals surface area contributed by atoms with Crippen molar-refractivity contribution < 1.29 is 9.59 Å². The monoisotopic (exact) mass is 330 g/mol. The van der Waals surface area contributed by atoms with Crippen LogP contribution in [0, 0.1) is 0 Å². The van der Waals surface area contributed by atoms with E-state index in [1.165, 1.54) is 0 Å². The number of hydrogen-bond donors (Lipinski definition) is 1. The van der Waals surface area contributed by atoms with E-state index in [4.69, 9.17) is 0 Å². The average Bonchev–Trinajstić information content (AvgIpc) is 3.20. The predicted molar refractivity (Wildman–Crippen MR) is 82.1 cm³/mol. The summed E-state index contributed by atoms with van der Waals surface area (Å²) in [4.78, 5) is 25.0. The molecule has 0 amide bonds. The van der Waals surface area contributed by atoms with Gasteiger partial charge in [-0.05, 0) is 34.4 Å². The van der Waals surface area contributed by atoms with Gasteiger partial charge in [0.1, 0.15) is 0 Å². The summed E-state index contributed by atoms with van der Waals surface area (Å²) in [6, 6.07) is 11.7. The molecule has 0 bridgehead atoms. The molecule has 6 nitrogen and oxygen atoms in total. The Morgan fingerprint density at radius 2 is 2.00 bits per heavy atom. The largest absolute Gasteiger partial charge is 0.290 e. The lowest BCUT2D eigenvalue weighted by molar-refractivity contribution is -0.114. The van der Waals surface area contributed by atoms with Crippen molar-refractivity contribution in [2.24, 2.45) is 0 Å². The van der Waals surface area contributed by atoms with Crippen molar-refractivity contribution in [1.29, 1.82) is 0 Å². The van der Waals surface area contributed by atoms with Crippen LogP contribution in [0.1, 0.15) is 16.2 Å². The van der Waals surface area contributed by atoms with Gasteiger partial charge in [-0.15, -0.1) is 21.5 Å². The van der Waals surface area contributed by atoms with Crippen LogP contribution >= 0.6 is 23.1 Å². The van der Waals surface area contributed by atoms with Gasteiger partial charge >= 0.3 is 0 Å². The fraction of sp³-hybridized carbons (Fsp3) is 0.0714. The van der Waals surface area contributed by atoms with Crippen molar-refractivity contribution in [2.45, 2.75) is 15.5 Å². The summed E-state index contributed by atoms with van der Waals surface area (Å²) in [5.74, 6) is -1.47. The SMILES string of the molecule is O=C(Cc1ccsc1Sc1ccccc1)C(=O)c1nn[nH]n1. The van der Waals surface area contributed by atoms with Gasteiger partial charge < -0.3 is 0 Å². The minimum atomic E-state index is -0.726. The van der Waals surface area contributed by atoms with E-state index in [9.17, 15) is 9.59 Å². The summed E-state index contributed by atoms with van der Waals surface area (Å²) in [6.07, 6.45) is 0.0338. The van der Waals surface area contributed by atoms with Gasteiger partial charge in [-0.3, -0.25) is 9.59 Å². The first kappa shape index (κ1) is 14.6. The van der Waals surface area contributed by atoms with Crippen molar-refractivity contribution in [3.63, 3.8) is 0 Å². The molecule has 0 aliphatic heterocycles. The van der Waals surface area contributed by atoms with Crippen LogP contribution in [0.25, 0.3) is 0 Å². The zero-order valence-corrected chi connectivity index (χ0v) is 12.9. The number of H-pyrrole nitrogens is 1. The molecule has 0 spiro atoms. The number of Topliss-reactive ketones (excluding diaryl/α,β-unsaturated/α-hetero) is 2. The maximum atomic E-state index is 12.0. The Hall–Kier alpha value is -2.32. The highest BCUT2D eigenvalue weighted by molar-refractivity contribution is 8.01. The van der Waals surface area contributed by atoms with Gasteiger partial charge in [-0.1, -0.05) is 30.0 Å². The van der Waals surface area contributed by atoms with Crippen LogP contribution in [-0.4, -0.2) is 32.2 Å². The second kappa shape index (κ2) is 6.63. The molecule has 0 saturated carbocycles. The van der Waals surface area contributed by atoms with E-state index in [0.29, 0.717) is 0 Å². The van der Waals surface area contributed by atoms with E-state index >= 15 is 0 Å². The summed E-state index contributed by atoms with van der Waals surface area (Å²) < 4.78 is 1.00. The highest BCUT2D eigenvalue weighted by atomic mass is 32.2. The fourth-order valence-corrected chi connectivity index (χ4v) is 3.85. The first-order chi connectivity index (χ1) is 10.7. The summed E-state index contributed by atoms with van der Waals surface area (Å²) >= 11 is 3.12. The number of carbonyl (C=O) groups excluding carboxylic acids is 2. The number of carbonyl (C=O) groups is 2. The molecule has 110 valence electrons. The Labute approximate surface area is 134 Å². The van der Waals surface area contributed by atoms with Crippen LogP contribution in [0.15, 0.2) is 50.9 Å². The second-order valence-corrected chi connectivity index (χ2v) is 6.57. The van der Waals surface area contributed by atoms with Crippen molar-refractivity contribution in [3.05, 3.63) is 53.2 Å². The molecule has 2 heterocycles. The number of rotatable bonds is 6. The number of aromatic amines is 1. The highest BCUT2D eigenvalue weighted by Crippen LogP contribution is 2.35. The van der Waals surface area contributed by atoms with E-state index in [1.54, 1.807) is 23.1 Å². The molecule has 0 fully saturated rings. The standard InChI is InChI=1S/C14H10N4O2S2/c19-11(12(20)13-15-17-18-16-13)8-9-6-7-21-14(9)22-10-4-2-1-3-5-10/h1-7H,8H2,(H,15,16,17,18). The number of benzene rings is 1. The third-order valence-corrected chi connectivity index (χ3v) is 5.06. The zero-order chi connectivity index (χ0) is 15.4. The van der Waals surface area contributed by atoms with Gasteiger partial charge in [0.15, 0.2) is 0 Å². The number of hydrogen-bond acceptors (Lipinski definition) is 7. The third-order valence-electron chi connectivity index (χ3n) is 2.81. The molecule has 0 aliphatic rings. The molecule has 3 rings (SSSR count). The molecule has 0 unspecified atom stereocenters. The summed E-state index contributed by atoms with van der Waals surface area (Å²) in [7, 11) is 0. The average molecular weight is 330 g/mol. The summed E-state index contributed by atoms with van der Waals surface area (Å²) in [6.45, 7) is 0. The van der Waals surface area contributed by atoms with Gasteiger partial charge in [0.2, 0.25) is 11.6 Å².